The summed E-state index contributed by atoms with van der Waals surface area (Å²) in [6.45, 7) is 8.20. The summed E-state index contributed by atoms with van der Waals surface area (Å²) in [4.78, 5) is 12.1. The lowest BCUT2D eigenvalue weighted by Gasteiger charge is -2.13. The van der Waals surface area contributed by atoms with Gasteiger partial charge in [-0.2, -0.15) is 0 Å². The predicted octanol–water partition coefficient (Wildman–Crippen LogP) is 4.62. The molecule has 0 fully saturated rings. The van der Waals surface area contributed by atoms with Crippen molar-refractivity contribution in [1.29, 1.82) is 0 Å². The summed E-state index contributed by atoms with van der Waals surface area (Å²) in [6, 6.07) is 9.80. The first-order valence-corrected chi connectivity index (χ1v) is 7.62. The van der Waals surface area contributed by atoms with Crippen molar-refractivity contribution in [1.82, 2.24) is 0 Å². The highest BCUT2D eigenvalue weighted by molar-refractivity contribution is 6.31. The number of aryl methyl sites for hydroxylation is 4. The average molecular weight is 317 g/mol. The number of halogens is 1. The zero-order chi connectivity index (χ0) is 16.3. The third-order valence-corrected chi connectivity index (χ3v) is 3.97. The molecule has 0 radical (unpaired) electrons. The van der Waals surface area contributed by atoms with E-state index in [4.69, 9.17) is 11.6 Å². The highest BCUT2D eigenvalue weighted by Gasteiger charge is 2.08. The molecule has 0 spiro atoms. The van der Waals surface area contributed by atoms with Crippen molar-refractivity contribution in [2.75, 3.05) is 17.2 Å². The molecule has 0 atom stereocenters. The summed E-state index contributed by atoms with van der Waals surface area (Å²) in [5, 5.41) is 6.74. The highest BCUT2D eigenvalue weighted by atomic mass is 35.5. The molecule has 2 aromatic carbocycles. The molecule has 0 saturated carbocycles. The Balaban J connectivity index is 2.00. The quantitative estimate of drug-likeness (QED) is 0.863. The second kappa shape index (κ2) is 6.84. The Morgan fingerprint density at radius 2 is 1.64 bits per heavy atom. The van der Waals surface area contributed by atoms with Gasteiger partial charge < -0.3 is 10.6 Å². The van der Waals surface area contributed by atoms with E-state index in [-0.39, 0.29) is 12.5 Å². The lowest BCUT2D eigenvalue weighted by Crippen LogP contribution is -2.22. The van der Waals surface area contributed by atoms with Crippen LogP contribution in [0.4, 0.5) is 11.4 Å². The normalized spacial score (nSPS) is 10.4. The van der Waals surface area contributed by atoms with Crippen LogP contribution in [0.3, 0.4) is 0 Å². The molecule has 0 unspecified atom stereocenters. The van der Waals surface area contributed by atoms with E-state index < -0.39 is 0 Å². The van der Waals surface area contributed by atoms with E-state index in [1.807, 2.05) is 45.9 Å². The van der Waals surface area contributed by atoms with E-state index in [2.05, 4.69) is 22.8 Å². The van der Waals surface area contributed by atoms with Crippen molar-refractivity contribution >= 4 is 28.9 Å². The van der Waals surface area contributed by atoms with Crippen molar-refractivity contribution in [3.8, 4) is 0 Å². The van der Waals surface area contributed by atoms with Crippen LogP contribution >= 0.6 is 11.6 Å². The van der Waals surface area contributed by atoms with Gasteiger partial charge in [0, 0.05) is 16.4 Å². The minimum absolute atomic E-state index is 0.0771. The fourth-order valence-electron chi connectivity index (χ4n) is 2.45. The Labute approximate surface area is 136 Å². The van der Waals surface area contributed by atoms with Crippen molar-refractivity contribution in [2.24, 2.45) is 0 Å². The number of hydrogen-bond donors (Lipinski definition) is 2. The molecular weight excluding hydrogens is 296 g/mol. The van der Waals surface area contributed by atoms with Crippen LogP contribution in [0, 0.1) is 27.7 Å². The number of amides is 1. The van der Waals surface area contributed by atoms with Crippen molar-refractivity contribution in [3.63, 3.8) is 0 Å². The first kappa shape index (κ1) is 16.4. The average Bonchev–Trinajstić information content (AvgIpc) is 2.44. The maximum Gasteiger partial charge on any atom is 0.243 e. The van der Waals surface area contributed by atoms with Crippen LogP contribution in [0.15, 0.2) is 30.3 Å². The molecule has 3 nitrogen and oxygen atoms in total. The van der Waals surface area contributed by atoms with Gasteiger partial charge in [0.25, 0.3) is 0 Å². The number of rotatable bonds is 4. The molecule has 0 aliphatic heterocycles. The molecule has 2 N–H and O–H groups in total. The van der Waals surface area contributed by atoms with Gasteiger partial charge in [0.15, 0.2) is 0 Å². The van der Waals surface area contributed by atoms with Gasteiger partial charge in [-0.15, -0.1) is 0 Å². The van der Waals surface area contributed by atoms with Crippen LogP contribution < -0.4 is 10.6 Å². The molecule has 0 aromatic heterocycles. The molecule has 0 aliphatic carbocycles. The van der Waals surface area contributed by atoms with Gasteiger partial charge in [-0.05, 0) is 56.5 Å². The standard InChI is InChI=1S/C18H21ClN2O/c1-11-7-13(3)18(14(4)8-11)21-17(22)10-20-15-6-5-12(2)16(19)9-15/h5-9,20H,10H2,1-4H3,(H,21,22). The Morgan fingerprint density at radius 3 is 2.23 bits per heavy atom. The number of hydrogen-bond acceptors (Lipinski definition) is 2. The summed E-state index contributed by atoms with van der Waals surface area (Å²) >= 11 is 6.07. The highest BCUT2D eigenvalue weighted by Crippen LogP contribution is 2.22. The van der Waals surface area contributed by atoms with E-state index in [1.54, 1.807) is 0 Å². The Bertz CT molecular complexity index is 687. The lowest BCUT2D eigenvalue weighted by atomic mass is 10.1. The maximum atomic E-state index is 12.1. The number of nitrogens with one attached hydrogen (secondary N) is 2. The first-order valence-electron chi connectivity index (χ1n) is 7.24. The summed E-state index contributed by atoms with van der Waals surface area (Å²) in [6.07, 6.45) is 0. The summed E-state index contributed by atoms with van der Waals surface area (Å²) in [5.41, 5.74) is 6.08. The van der Waals surface area contributed by atoms with Gasteiger partial charge in [0.1, 0.15) is 0 Å². The van der Waals surface area contributed by atoms with E-state index >= 15 is 0 Å². The molecule has 0 aliphatic rings. The SMILES string of the molecule is Cc1cc(C)c(NC(=O)CNc2ccc(C)c(Cl)c2)c(C)c1. The molecule has 2 rings (SSSR count). The Kier molecular flexibility index (Phi) is 5.09. The van der Waals surface area contributed by atoms with Crippen LogP contribution in [0.2, 0.25) is 5.02 Å². The van der Waals surface area contributed by atoms with Gasteiger partial charge in [-0.25, -0.2) is 0 Å². The topological polar surface area (TPSA) is 41.1 Å². The molecule has 22 heavy (non-hydrogen) atoms. The molecule has 2 aromatic rings. The van der Waals surface area contributed by atoms with E-state index in [0.29, 0.717) is 5.02 Å². The molecule has 116 valence electrons. The minimum Gasteiger partial charge on any atom is -0.376 e. The summed E-state index contributed by atoms with van der Waals surface area (Å²) in [7, 11) is 0. The van der Waals surface area contributed by atoms with E-state index in [1.165, 1.54) is 5.56 Å². The number of benzene rings is 2. The van der Waals surface area contributed by atoms with E-state index in [0.717, 1.165) is 28.1 Å². The fraction of sp³-hybridized carbons (Fsp3) is 0.278. The third-order valence-electron chi connectivity index (χ3n) is 3.57. The summed E-state index contributed by atoms with van der Waals surface area (Å²) < 4.78 is 0. The number of anilines is 2. The van der Waals surface area contributed by atoms with Crippen LogP contribution in [0.1, 0.15) is 22.3 Å². The zero-order valence-corrected chi connectivity index (χ0v) is 14.1. The third kappa shape index (κ3) is 4.01. The minimum atomic E-state index is -0.0771. The first-order chi connectivity index (χ1) is 10.4. The van der Waals surface area contributed by atoms with Gasteiger partial charge in [0.05, 0.1) is 6.54 Å². The lowest BCUT2D eigenvalue weighted by molar-refractivity contribution is -0.114. The van der Waals surface area contributed by atoms with Crippen molar-refractivity contribution in [2.45, 2.75) is 27.7 Å². The van der Waals surface area contributed by atoms with Gasteiger partial charge >= 0.3 is 0 Å². The van der Waals surface area contributed by atoms with Gasteiger partial charge in [-0.3, -0.25) is 4.79 Å². The Hall–Kier alpha value is -2.00. The summed E-state index contributed by atoms with van der Waals surface area (Å²) in [5.74, 6) is -0.0771. The predicted molar refractivity (Wildman–Crippen MR) is 94.0 cm³/mol. The largest absolute Gasteiger partial charge is 0.376 e. The van der Waals surface area contributed by atoms with Gasteiger partial charge in [0.2, 0.25) is 5.91 Å². The van der Waals surface area contributed by atoms with Crippen molar-refractivity contribution in [3.05, 3.63) is 57.6 Å². The molecule has 0 saturated heterocycles. The van der Waals surface area contributed by atoms with Crippen LogP contribution in [0.5, 0.6) is 0 Å². The van der Waals surface area contributed by atoms with Gasteiger partial charge in [-0.1, -0.05) is 35.4 Å². The Morgan fingerprint density at radius 1 is 1.00 bits per heavy atom. The molecule has 1 amide bonds. The smallest absolute Gasteiger partial charge is 0.243 e. The van der Waals surface area contributed by atoms with Crippen LogP contribution in [-0.4, -0.2) is 12.5 Å². The second-order valence-electron chi connectivity index (χ2n) is 5.64. The number of carbonyl (C=O) groups excluding carboxylic acids is 1. The fourth-order valence-corrected chi connectivity index (χ4v) is 2.63. The zero-order valence-electron chi connectivity index (χ0n) is 13.4. The molecule has 4 heteroatoms. The van der Waals surface area contributed by atoms with Crippen LogP contribution in [-0.2, 0) is 4.79 Å². The molecular formula is C18H21ClN2O. The van der Waals surface area contributed by atoms with E-state index in [9.17, 15) is 4.79 Å². The van der Waals surface area contributed by atoms with Crippen molar-refractivity contribution < 1.29 is 4.79 Å². The monoisotopic (exact) mass is 316 g/mol. The molecule has 0 heterocycles. The van der Waals surface area contributed by atoms with Crippen LogP contribution in [0.25, 0.3) is 0 Å². The maximum absolute atomic E-state index is 12.1. The number of carbonyl (C=O) groups is 1. The molecule has 0 bridgehead atoms. The second-order valence-corrected chi connectivity index (χ2v) is 6.05.